The van der Waals surface area contributed by atoms with E-state index in [0.29, 0.717) is 5.92 Å². The first-order valence-electron chi connectivity index (χ1n) is 6.14. The van der Waals surface area contributed by atoms with Crippen molar-refractivity contribution in [2.75, 3.05) is 37.4 Å². The van der Waals surface area contributed by atoms with E-state index in [1.165, 1.54) is 11.3 Å². The Balaban J connectivity index is 2.90. The second-order valence-electron chi connectivity index (χ2n) is 4.88. The quantitative estimate of drug-likeness (QED) is 0.772. The first-order chi connectivity index (χ1) is 8.04. The van der Waals surface area contributed by atoms with Crippen LogP contribution in [0.2, 0.25) is 0 Å². The normalized spacial score (nSPS) is 10.9. The molecule has 0 aliphatic rings. The molecule has 0 spiro atoms. The lowest BCUT2D eigenvalue weighted by Crippen LogP contribution is -2.31. The average Bonchev–Trinajstić information content (AvgIpc) is 2.27. The number of hydrogen-bond acceptors (Lipinski definition) is 3. The molecule has 0 aliphatic heterocycles. The van der Waals surface area contributed by atoms with E-state index in [2.05, 4.69) is 31.7 Å². The molecule has 0 saturated carbocycles. The van der Waals surface area contributed by atoms with E-state index in [-0.39, 0.29) is 0 Å². The van der Waals surface area contributed by atoms with Gasteiger partial charge in [-0.15, -0.1) is 0 Å². The van der Waals surface area contributed by atoms with Crippen LogP contribution in [-0.4, -0.2) is 26.8 Å². The van der Waals surface area contributed by atoms with Gasteiger partial charge in [0.2, 0.25) is 0 Å². The smallest absolute Gasteiger partial charge is 0.0637 e. The average molecular weight is 236 g/mol. The predicted molar refractivity (Wildman–Crippen MR) is 74.5 cm³/mol. The van der Waals surface area contributed by atoms with E-state index in [1.807, 2.05) is 12.1 Å². The largest absolute Gasteiger partial charge is 0.399 e. The number of methoxy groups -OCH3 is 1. The third kappa shape index (κ3) is 4.27. The molecule has 0 radical (unpaired) electrons. The number of anilines is 2. The molecular weight excluding hydrogens is 212 g/mol. The van der Waals surface area contributed by atoms with Gasteiger partial charge in [0.05, 0.1) is 6.61 Å². The summed E-state index contributed by atoms with van der Waals surface area (Å²) in [6, 6.07) is 6.07. The molecule has 1 aromatic carbocycles. The van der Waals surface area contributed by atoms with Crippen LogP contribution in [0, 0.1) is 12.8 Å². The maximum absolute atomic E-state index is 5.87. The highest BCUT2D eigenvalue weighted by molar-refractivity contribution is 5.60. The van der Waals surface area contributed by atoms with Gasteiger partial charge in [-0.25, -0.2) is 0 Å². The second kappa shape index (κ2) is 6.50. The highest BCUT2D eigenvalue weighted by Crippen LogP contribution is 2.23. The minimum absolute atomic E-state index is 0.618. The van der Waals surface area contributed by atoms with Crippen molar-refractivity contribution in [1.82, 2.24) is 0 Å². The van der Waals surface area contributed by atoms with Crippen molar-refractivity contribution >= 4 is 11.4 Å². The Morgan fingerprint density at radius 1 is 1.35 bits per heavy atom. The van der Waals surface area contributed by atoms with Crippen molar-refractivity contribution in [3.05, 3.63) is 23.8 Å². The van der Waals surface area contributed by atoms with Crippen LogP contribution < -0.4 is 10.6 Å². The molecule has 17 heavy (non-hydrogen) atoms. The Hall–Kier alpha value is -1.22. The molecule has 0 fully saturated rings. The number of aryl methyl sites for hydroxylation is 1. The van der Waals surface area contributed by atoms with Gasteiger partial charge in [0.25, 0.3) is 0 Å². The van der Waals surface area contributed by atoms with Gasteiger partial charge in [-0.1, -0.05) is 19.9 Å². The van der Waals surface area contributed by atoms with Gasteiger partial charge in [0.1, 0.15) is 0 Å². The van der Waals surface area contributed by atoms with Crippen LogP contribution in [0.1, 0.15) is 19.4 Å². The fraction of sp³-hybridized carbons (Fsp3) is 0.571. The topological polar surface area (TPSA) is 38.5 Å². The predicted octanol–water partition coefficient (Wildman–Crippen LogP) is 2.69. The van der Waals surface area contributed by atoms with Crippen LogP contribution in [0.4, 0.5) is 11.4 Å². The Morgan fingerprint density at radius 2 is 2.06 bits per heavy atom. The molecule has 3 nitrogen and oxygen atoms in total. The van der Waals surface area contributed by atoms with Gasteiger partial charge in [-0.2, -0.15) is 0 Å². The van der Waals surface area contributed by atoms with Crippen LogP contribution in [-0.2, 0) is 4.74 Å². The van der Waals surface area contributed by atoms with E-state index in [4.69, 9.17) is 10.5 Å². The summed E-state index contributed by atoms with van der Waals surface area (Å²) in [6.45, 7) is 9.23. The molecule has 2 N–H and O–H groups in total. The molecular formula is C14H24N2O. The summed E-state index contributed by atoms with van der Waals surface area (Å²) in [5.41, 5.74) is 9.16. The summed E-state index contributed by atoms with van der Waals surface area (Å²) in [5.74, 6) is 0.618. The second-order valence-corrected chi connectivity index (χ2v) is 4.88. The summed E-state index contributed by atoms with van der Waals surface area (Å²) in [6.07, 6.45) is 0. The zero-order valence-electron chi connectivity index (χ0n) is 11.4. The van der Waals surface area contributed by atoms with Crippen molar-refractivity contribution in [3.63, 3.8) is 0 Å². The standard InChI is InChI=1S/C14H24N2O/c1-11(2)10-16(7-8-17-4)14-9-13(15)6-5-12(14)3/h5-6,9,11H,7-8,10,15H2,1-4H3. The number of nitrogens with two attached hydrogens (primary N) is 1. The Labute approximate surface area is 105 Å². The molecule has 0 aromatic heterocycles. The highest BCUT2D eigenvalue weighted by Gasteiger charge is 2.11. The molecule has 0 unspecified atom stereocenters. The third-order valence-electron chi connectivity index (χ3n) is 2.72. The first kappa shape index (κ1) is 13.8. The van der Waals surface area contributed by atoms with E-state index >= 15 is 0 Å². The van der Waals surface area contributed by atoms with Gasteiger partial charge in [0, 0.05) is 31.6 Å². The van der Waals surface area contributed by atoms with Crippen LogP contribution in [0.5, 0.6) is 0 Å². The lowest BCUT2D eigenvalue weighted by Gasteiger charge is -2.28. The Kier molecular flexibility index (Phi) is 5.29. The third-order valence-corrected chi connectivity index (χ3v) is 2.72. The van der Waals surface area contributed by atoms with Crippen molar-refractivity contribution in [3.8, 4) is 0 Å². The molecule has 0 aliphatic carbocycles. The molecule has 0 bridgehead atoms. The number of benzene rings is 1. The Bertz CT molecular complexity index is 350. The summed E-state index contributed by atoms with van der Waals surface area (Å²) in [4.78, 5) is 2.35. The summed E-state index contributed by atoms with van der Waals surface area (Å²) >= 11 is 0. The van der Waals surface area contributed by atoms with E-state index in [1.54, 1.807) is 7.11 Å². The fourth-order valence-electron chi connectivity index (χ4n) is 1.92. The summed E-state index contributed by atoms with van der Waals surface area (Å²) in [5, 5.41) is 0. The van der Waals surface area contributed by atoms with Gasteiger partial charge in [-0.3, -0.25) is 0 Å². The van der Waals surface area contributed by atoms with Crippen molar-refractivity contribution in [1.29, 1.82) is 0 Å². The van der Waals surface area contributed by atoms with Crippen molar-refractivity contribution in [2.45, 2.75) is 20.8 Å². The molecule has 0 amide bonds. The molecule has 0 atom stereocenters. The lowest BCUT2D eigenvalue weighted by molar-refractivity contribution is 0.204. The van der Waals surface area contributed by atoms with E-state index in [0.717, 1.165) is 25.4 Å². The van der Waals surface area contributed by atoms with Gasteiger partial charge < -0.3 is 15.4 Å². The minimum atomic E-state index is 0.618. The van der Waals surface area contributed by atoms with Crippen LogP contribution >= 0.6 is 0 Å². The van der Waals surface area contributed by atoms with Crippen LogP contribution in [0.15, 0.2) is 18.2 Å². The minimum Gasteiger partial charge on any atom is -0.399 e. The molecule has 0 heterocycles. The van der Waals surface area contributed by atoms with Gasteiger partial charge in [-0.05, 0) is 30.5 Å². The molecule has 96 valence electrons. The lowest BCUT2D eigenvalue weighted by atomic mass is 10.1. The van der Waals surface area contributed by atoms with Crippen LogP contribution in [0.25, 0.3) is 0 Å². The summed E-state index contributed by atoms with van der Waals surface area (Å²) < 4.78 is 5.17. The maximum Gasteiger partial charge on any atom is 0.0637 e. The molecule has 1 rings (SSSR count). The number of nitrogens with zero attached hydrogens (tertiary/aromatic N) is 1. The number of rotatable bonds is 6. The maximum atomic E-state index is 5.87. The van der Waals surface area contributed by atoms with E-state index < -0.39 is 0 Å². The highest BCUT2D eigenvalue weighted by atomic mass is 16.5. The Morgan fingerprint density at radius 3 is 2.65 bits per heavy atom. The number of nitrogen functional groups attached to an aromatic ring is 1. The monoisotopic (exact) mass is 236 g/mol. The van der Waals surface area contributed by atoms with E-state index in [9.17, 15) is 0 Å². The number of ether oxygens (including phenoxy) is 1. The first-order valence-corrected chi connectivity index (χ1v) is 6.14. The zero-order valence-corrected chi connectivity index (χ0v) is 11.4. The SMILES string of the molecule is COCCN(CC(C)C)c1cc(N)ccc1C. The van der Waals surface area contributed by atoms with Gasteiger partial charge in [0.15, 0.2) is 0 Å². The fourth-order valence-corrected chi connectivity index (χ4v) is 1.92. The molecule has 1 aromatic rings. The molecule has 3 heteroatoms. The van der Waals surface area contributed by atoms with Crippen LogP contribution in [0.3, 0.4) is 0 Å². The van der Waals surface area contributed by atoms with Gasteiger partial charge >= 0.3 is 0 Å². The van der Waals surface area contributed by atoms with Crippen molar-refractivity contribution < 1.29 is 4.74 Å². The molecule has 0 saturated heterocycles. The number of hydrogen-bond donors (Lipinski definition) is 1. The van der Waals surface area contributed by atoms with Crippen molar-refractivity contribution in [2.24, 2.45) is 5.92 Å². The summed E-state index contributed by atoms with van der Waals surface area (Å²) in [7, 11) is 1.74. The zero-order chi connectivity index (χ0) is 12.8.